The number of fused-ring (bicyclic) bond motifs is 1. The summed E-state index contributed by atoms with van der Waals surface area (Å²) in [6, 6.07) is 11.4. The Morgan fingerprint density at radius 1 is 1.28 bits per heavy atom. The number of rotatable bonds is 4. The van der Waals surface area contributed by atoms with Gasteiger partial charge in [-0.05, 0) is 55.0 Å². The van der Waals surface area contributed by atoms with E-state index in [1.807, 2.05) is 54.1 Å². The van der Waals surface area contributed by atoms with Gasteiger partial charge in [0.05, 0.1) is 5.92 Å². The second kappa shape index (κ2) is 8.25. The number of pyridine rings is 1. The molecule has 1 aromatic carbocycles. The number of nitrogens with one attached hydrogen (secondary N) is 1. The van der Waals surface area contributed by atoms with E-state index in [0.717, 1.165) is 29.3 Å². The molecule has 1 atom stereocenters. The summed E-state index contributed by atoms with van der Waals surface area (Å²) in [6.45, 7) is 3.24. The van der Waals surface area contributed by atoms with E-state index in [4.69, 9.17) is 11.6 Å². The number of hydrogen-bond donors (Lipinski definition) is 1. The van der Waals surface area contributed by atoms with Crippen LogP contribution in [0.5, 0.6) is 0 Å². The smallest absolute Gasteiger partial charge is 0.242 e. The molecule has 0 spiro atoms. The Hall–Kier alpha value is -2.86. The van der Waals surface area contributed by atoms with Gasteiger partial charge in [0, 0.05) is 36.0 Å². The quantitative estimate of drug-likeness (QED) is 0.709. The number of benzene rings is 1. The lowest BCUT2D eigenvalue weighted by Gasteiger charge is -2.32. The number of anilines is 1. The van der Waals surface area contributed by atoms with Crippen LogP contribution in [0.4, 0.5) is 5.82 Å². The van der Waals surface area contributed by atoms with Crippen LogP contribution in [0.1, 0.15) is 18.4 Å². The van der Waals surface area contributed by atoms with Crippen LogP contribution in [0.3, 0.4) is 0 Å². The largest absolute Gasteiger partial charge is 0.340 e. The standard InChI is InChI=1S/C22H23ClN4O2/c1-15-4-2-9-24-21(15)25-22(29)17-5-3-10-27(13-17)20(28)14-26-11-8-16-6-7-18(23)12-19(16)26/h2,4,6-9,11-12,17H,3,5,10,13-14H2,1H3,(H,24,25,29). The van der Waals surface area contributed by atoms with E-state index < -0.39 is 0 Å². The van der Waals surface area contributed by atoms with E-state index in [1.54, 1.807) is 11.1 Å². The van der Waals surface area contributed by atoms with Crippen molar-refractivity contribution in [1.29, 1.82) is 0 Å². The summed E-state index contributed by atoms with van der Waals surface area (Å²) in [4.78, 5) is 31.6. The third-order valence-corrected chi connectivity index (χ3v) is 5.67. The molecule has 1 saturated heterocycles. The van der Waals surface area contributed by atoms with E-state index in [9.17, 15) is 9.59 Å². The van der Waals surface area contributed by atoms with Gasteiger partial charge in [-0.15, -0.1) is 0 Å². The summed E-state index contributed by atoms with van der Waals surface area (Å²) >= 11 is 6.11. The molecule has 1 unspecified atom stereocenters. The van der Waals surface area contributed by atoms with E-state index in [2.05, 4.69) is 10.3 Å². The number of carbonyl (C=O) groups is 2. The lowest BCUT2D eigenvalue weighted by Crippen LogP contribution is -2.45. The molecule has 0 radical (unpaired) electrons. The minimum Gasteiger partial charge on any atom is -0.340 e. The highest BCUT2D eigenvalue weighted by Crippen LogP contribution is 2.22. The predicted molar refractivity (Wildman–Crippen MR) is 114 cm³/mol. The van der Waals surface area contributed by atoms with Gasteiger partial charge in [-0.1, -0.05) is 23.7 Å². The molecule has 3 aromatic rings. The Kier molecular flexibility index (Phi) is 5.53. The van der Waals surface area contributed by atoms with Crippen LogP contribution in [0, 0.1) is 12.8 Å². The summed E-state index contributed by atoms with van der Waals surface area (Å²) in [5.41, 5.74) is 1.85. The van der Waals surface area contributed by atoms with Crippen LogP contribution in [0.2, 0.25) is 5.02 Å². The molecule has 0 saturated carbocycles. The van der Waals surface area contributed by atoms with Gasteiger partial charge >= 0.3 is 0 Å². The van der Waals surface area contributed by atoms with Gasteiger partial charge in [0.15, 0.2) is 0 Å². The summed E-state index contributed by atoms with van der Waals surface area (Å²) < 4.78 is 1.91. The lowest BCUT2D eigenvalue weighted by molar-refractivity contribution is -0.135. The zero-order chi connectivity index (χ0) is 20.4. The van der Waals surface area contributed by atoms with Crippen molar-refractivity contribution >= 4 is 40.1 Å². The second-order valence-corrected chi connectivity index (χ2v) is 7.92. The number of likely N-dealkylation sites (tertiary alicyclic amines) is 1. The highest BCUT2D eigenvalue weighted by atomic mass is 35.5. The molecule has 0 bridgehead atoms. The van der Waals surface area contributed by atoms with Gasteiger partial charge < -0.3 is 14.8 Å². The Balaban J connectivity index is 1.42. The average molecular weight is 411 g/mol. The number of aryl methyl sites for hydroxylation is 1. The number of amides is 2. The molecule has 7 heteroatoms. The van der Waals surface area contributed by atoms with Gasteiger partial charge in [0.25, 0.3) is 0 Å². The van der Waals surface area contributed by atoms with Gasteiger partial charge in [0.1, 0.15) is 12.4 Å². The van der Waals surface area contributed by atoms with Crippen molar-refractivity contribution in [2.75, 3.05) is 18.4 Å². The van der Waals surface area contributed by atoms with E-state index in [0.29, 0.717) is 23.9 Å². The predicted octanol–water partition coefficient (Wildman–Crippen LogP) is 3.88. The lowest BCUT2D eigenvalue weighted by atomic mass is 9.97. The van der Waals surface area contributed by atoms with Gasteiger partial charge in [0.2, 0.25) is 11.8 Å². The van der Waals surface area contributed by atoms with E-state index in [-0.39, 0.29) is 24.3 Å². The molecule has 2 aromatic heterocycles. The van der Waals surface area contributed by atoms with Crippen molar-refractivity contribution in [2.24, 2.45) is 5.92 Å². The van der Waals surface area contributed by atoms with Crippen molar-refractivity contribution in [1.82, 2.24) is 14.5 Å². The normalized spacial score (nSPS) is 16.8. The first-order valence-corrected chi connectivity index (χ1v) is 10.1. The fraction of sp³-hybridized carbons (Fsp3) is 0.318. The first-order chi connectivity index (χ1) is 14.0. The average Bonchev–Trinajstić information content (AvgIpc) is 3.11. The van der Waals surface area contributed by atoms with Crippen molar-refractivity contribution in [3.05, 3.63) is 59.4 Å². The molecule has 29 heavy (non-hydrogen) atoms. The minimum absolute atomic E-state index is 0.00833. The third-order valence-electron chi connectivity index (χ3n) is 5.44. The molecule has 150 valence electrons. The third kappa shape index (κ3) is 4.27. The summed E-state index contributed by atoms with van der Waals surface area (Å²) in [6.07, 6.45) is 5.14. The van der Waals surface area contributed by atoms with Gasteiger partial charge in [-0.2, -0.15) is 0 Å². The monoisotopic (exact) mass is 410 g/mol. The second-order valence-electron chi connectivity index (χ2n) is 7.48. The first kappa shape index (κ1) is 19.5. The maximum absolute atomic E-state index is 12.9. The molecule has 6 nitrogen and oxygen atoms in total. The van der Waals surface area contributed by atoms with Crippen molar-refractivity contribution in [2.45, 2.75) is 26.3 Å². The number of aromatic nitrogens is 2. The van der Waals surface area contributed by atoms with Gasteiger partial charge in [-0.3, -0.25) is 9.59 Å². The van der Waals surface area contributed by atoms with E-state index >= 15 is 0 Å². The molecule has 1 aliphatic rings. The maximum atomic E-state index is 12.9. The van der Waals surface area contributed by atoms with Crippen LogP contribution in [-0.2, 0) is 16.1 Å². The molecule has 1 fully saturated rings. The number of piperidine rings is 1. The van der Waals surface area contributed by atoms with Crippen LogP contribution in [0.25, 0.3) is 10.9 Å². The van der Waals surface area contributed by atoms with Crippen LogP contribution >= 0.6 is 11.6 Å². The molecular weight excluding hydrogens is 388 g/mol. The summed E-state index contributed by atoms with van der Waals surface area (Å²) in [5, 5.41) is 4.60. The fourth-order valence-corrected chi connectivity index (χ4v) is 3.96. The van der Waals surface area contributed by atoms with Crippen LogP contribution in [-0.4, -0.2) is 39.4 Å². The van der Waals surface area contributed by atoms with Crippen molar-refractivity contribution in [3.8, 4) is 0 Å². The minimum atomic E-state index is -0.232. The Morgan fingerprint density at radius 3 is 2.97 bits per heavy atom. The van der Waals surface area contributed by atoms with Crippen molar-refractivity contribution < 1.29 is 9.59 Å². The highest BCUT2D eigenvalue weighted by molar-refractivity contribution is 6.31. The molecule has 0 aliphatic carbocycles. The maximum Gasteiger partial charge on any atom is 0.242 e. The highest BCUT2D eigenvalue weighted by Gasteiger charge is 2.29. The van der Waals surface area contributed by atoms with Crippen molar-refractivity contribution in [3.63, 3.8) is 0 Å². The zero-order valence-corrected chi connectivity index (χ0v) is 17.0. The number of nitrogens with zero attached hydrogens (tertiary/aromatic N) is 3. The molecule has 1 aliphatic heterocycles. The van der Waals surface area contributed by atoms with Crippen LogP contribution in [0.15, 0.2) is 48.8 Å². The number of carbonyl (C=O) groups excluding carboxylic acids is 2. The molecule has 4 rings (SSSR count). The Labute approximate surface area is 174 Å². The summed E-state index contributed by atoms with van der Waals surface area (Å²) in [7, 11) is 0. The van der Waals surface area contributed by atoms with Gasteiger partial charge in [-0.25, -0.2) is 4.98 Å². The van der Waals surface area contributed by atoms with Crippen LogP contribution < -0.4 is 5.32 Å². The topological polar surface area (TPSA) is 67.2 Å². The molecule has 2 amide bonds. The first-order valence-electron chi connectivity index (χ1n) is 9.76. The molecular formula is C22H23ClN4O2. The Morgan fingerprint density at radius 2 is 2.14 bits per heavy atom. The number of halogens is 1. The fourth-order valence-electron chi connectivity index (χ4n) is 3.79. The molecule has 1 N–H and O–H groups in total. The van der Waals surface area contributed by atoms with E-state index in [1.165, 1.54) is 0 Å². The Bertz CT molecular complexity index is 1060. The number of hydrogen-bond acceptors (Lipinski definition) is 3. The zero-order valence-electron chi connectivity index (χ0n) is 16.3. The summed E-state index contributed by atoms with van der Waals surface area (Å²) in [5.74, 6) is 0.276. The SMILES string of the molecule is Cc1cccnc1NC(=O)C1CCCN(C(=O)Cn2ccc3ccc(Cl)cc32)C1. The molecule has 3 heterocycles.